The lowest BCUT2D eigenvalue weighted by molar-refractivity contribution is 0.0558. The van der Waals surface area contributed by atoms with E-state index in [4.69, 9.17) is 15.2 Å². The number of halogens is 1. The van der Waals surface area contributed by atoms with E-state index in [-0.39, 0.29) is 41.1 Å². The SMILES string of the molecule is COc1ccccc1C(=O)NCc1ccc(-c2nn(C3CCCOC3)c(N)c2C#N)c(F)c1. The molecule has 1 amide bonds. The fourth-order valence-corrected chi connectivity index (χ4v) is 3.91. The molecular weight excluding hydrogens is 425 g/mol. The third kappa shape index (κ3) is 4.52. The van der Waals surface area contributed by atoms with Gasteiger partial charge in [-0.1, -0.05) is 18.2 Å². The van der Waals surface area contributed by atoms with Crippen LogP contribution in [-0.4, -0.2) is 36.0 Å². The van der Waals surface area contributed by atoms with E-state index in [1.54, 1.807) is 41.1 Å². The molecule has 3 N–H and O–H groups in total. The van der Waals surface area contributed by atoms with Crippen LogP contribution in [-0.2, 0) is 11.3 Å². The fourth-order valence-electron chi connectivity index (χ4n) is 3.91. The number of carbonyl (C=O) groups excluding carboxylic acids is 1. The van der Waals surface area contributed by atoms with Crippen LogP contribution in [0.1, 0.15) is 40.4 Å². The number of rotatable bonds is 6. The van der Waals surface area contributed by atoms with Crippen molar-refractivity contribution in [2.45, 2.75) is 25.4 Å². The summed E-state index contributed by atoms with van der Waals surface area (Å²) in [4.78, 5) is 12.5. The Labute approximate surface area is 190 Å². The average Bonchev–Trinajstić information content (AvgIpc) is 3.18. The zero-order valence-corrected chi connectivity index (χ0v) is 18.2. The van der Waals surface area contributed by atoms with Crippen LogP contribution in [0.25, 0.3) is 11.3 Å². The molecule has 0 radical (unpaired) electrons. The Hall–Kier alpha value is -3.90. The van der Waals surface area contributed by atoms with Gasteiger partial charge >= 0.3 is 0 Å². The van der Waals surface area contributed by atoms with Crippen LogP contribution < -0.4 is 15.8 Å². The molecule has 3 aromatic rings. The zero-order valence-electron chi connectivity index (χ0n) is 18.2. The summed E-state index contributed by atoms with van der Waals surface area (Å²) in [6.45, 7) is 1.25. The van der Waals surface area contributed by atoms with Gasteiger partial charge in [0.25, 0.3) is 5.91 Å². The number of nitrogens with two attached hydrogens (primary N) is 1. The van der Waals surface area contributed by atoms with Gasteiger partial charge in [-0.15, -0.1) is 0 Å². The Morgan fingerprint density at radius 1 is 1.39 bits per heavy atom. The minimum Gasteiger partial charge on any atom is -0.496 e. The lowest BCUT2D eigenvalue weighted by Crippen LogP contribution is -2.23. The van der Waals surface area contributed by atoms with E-state index in [0.717, 1.165) is 12.8 Å². The van der Waals surface area contributed by atoms with Gasteiger partial charge in [0, 0.05) is 18.7 Å². The first kappa shape index (κ1) is 22.3. The van der Waals surface area contributed by atoms with Crippen molar-refractivity contribution in [2.24, 2.45) is 0 Å². The zero-order chi connectivity index (χ0) is 23.4. The first-order valence-corrected chi connectivity index (χ1v) is 10.6. The molecule has 1 aliphatic heterocycles. The van der Waals surface area contributed by atoms with E-state index in [1.807, 2.05) is 6.07 Å². The number of anilines is 1. The predicted octanol–water partition coefficient (Wildman–Crippen LogP) is 3.43. The molecule has 0 saturated carbocycles. The molecule has 1 unspecified atom stereocenters. The summed E-state index contributed by atoms with van der Waals surface area (Å²) >= 11 is 0. The summed E-state index contributed by atoms with van der Waals surface area (Å²) in [6.07, 6.45) is 1.69. The number of nitrogen functional groups attached to an aromatic ring is 1. The lowest BCUT2D eigenvalue weighted by atomic mass is 10.0. The molecule has 4 rings (SSSR count). The molecule has 9 heteroatoms. The van der Waals surface area contributed by atoms with Crippen LogP contribution in [0.15, 0.2) is 42.5 Å². The highest BCUT2D eigenvalue weighted by Crippen LogP contribution is 2.32. The minimum absolute atomic E-state index is 0.0906. The third-order valence-corrected chi connectivity index (χ3v) is 5.63. The number of nitriles is 1. The second-order valence-corrected chi connectivity index (χ2v) is 7.73. The van der Waals surface area contributed by atoms with Crippen LogP contribution in [0.2, 0.25) is 0 Å². The number of nitrogens with zero attached hydrogens (tertiary/aromatic N) is 3. The van der Waals surface area contributed by atoms with E-state index < -0.39 is 5.82 Å². The van der Waals surface area contributed by atoms with E-state index in [1.165, 1.54) is 13.2 Å². The van der Waals surface area contributed by atoms with Crippen molar-refractivity contribution < 1.29 is 18.7 Å². The van der Waals surface area contributed by atoms with Gasteiger partial charge in [-0.3, -0.25) is 4.79 Å². The topological polar surface area (TPSA) is 115 Å². The Bertz CT molecular complexity index is 1210. The van der Waals surface area contributed by atoms with Crippen LogP contribution in [0.3, 0.4) is 0 Å². The maximum atomic E-state index is 15.0. The summed E-state index contributed by atoms with van der Waals surface area (Å²) in [5, 5.41) is 16.8. The molecule has 1 atom stereocenters. The highest BCUT2D eigenvalue weighted by molar-refractivity contribution is 5.96. The molecule has 0 bridgehead atoms. The number of ether oxygens (including phenoxy) is 2. The Kier molecular flexibility index (Phi) is 6.56. The fraction of sp³-hybridized carbons (Fsp3) is 0.292. The van der Waals surface area contributed by atoms with E-state index >= 15 is 4.39 Å². The molecule has 2 aromatic carbocycles. The first-order chi connectivity index (χ1) is 16.0. The number of hydrogen-bond donors (Lipinski definition) is 2. The van der Waals surface area contributed by atoms with Gasteiger partial charge in [-0.25, -0.2) is 9.07 Å². The Balaban J connectivity index is 1.54. The molecule has 2 heterocycles. The second-order valence-electron chi connectivity index (χ2n) is 7.73. The van der Waals surface area contributed by atoms with Crippen molar-refractivity contribution in [1.82, 2.24) is 15.1 Å². The first-order valence-electron chi connectivity index (χ1n) is 10.6. The van der Waals surface area contributed by atoms with Crippen LogP contribution in [0.5, 0.6) is 5.75 Å². The molecular formula is C24H24FN5O3. The smallest absolute Gasteiger partial charge is 0.255 e. The summed E-state index contributed by atoms with van der Waals surface area (Å²) in [7, 11) is 1.49. The Morgan fingerprint density at radius 3 is 2.91 bits per heavy atom. The number of carbonyl (C=O) groups is 1. The maximum absolute atomic E-state index is 15.0. The maximum Gasteiger partial charge on any atom is 0.255 e. The standard InChI is InChI=1S/C24H24FN5O3/c1-32-21-7-3-2-6-18(21)24(31)28-13-15-8-9-17(20(25)11-15)22-19(12-26)23(27)30(29-22)16-5-4-10-33-14-16/h2-3,6-9,11,16H,4-5,10,13-14,27H2,1H3,(H,28,31). The summed E-state index contributed by atoms with van der Waals surface area (Å²) in [5.41, 5.74) is 7.63. The number of amides is 1. The van der Waals surface area contributed by atoms with Crippen LogP contribution >= 0.6 is 0 Å². The molecule has 170 valence electrons. The van der Waals surface area contributed by atoms with Gasteiger partial charge in [0.2, 0.25) is 0 Å². The molecule has 1 aromatic heterocycles. The highest BCUT2D eigenvalue weighted by Gasteiger charge is 2.25. The number of hydrogen-bond acceptors (Lipinski definition) is 6. The van der Waals surface area contributed by atoms with Gasteiger partial charge in [0.15, 0.2) is 0 Å². The van der Waals surface area contributed by atoms with Crippen molar-refractivity contribution in [3.63, 3.8) is 0 Å². The van der Waals surface area contributed by atoms with Gasteiger partial charge < -0.3 is 20.5 Å². The second kappa shape index (κ2) is 9.71. The predicted molar refractivity (Wildman–Crippen MR) is 120 cm³/mol. The highest BCUT2D eigenvalue weighted by atomic mass is 19.1. The molecule has 33 heavy (non-hydrogen) atoms. The van der Waals surface area contributed by atoms with Crippen molar-refractivity contribution >= 4 is 11.7 Å². The van der Waals surface area contributed by atoms with Crippen molar-refractivity contribution in [3.8, 4) is 23.1 Å². The van der Waals surface area contributed by atoms with Crippen LogP contribution in [0.4, 0.5) is 10.2 Å². The van der Waals surface area contributed by atoms with Gasteiger partial charge in [0.1, 0.15) is 34.7 Å². The van der Waals surface area contributed by atoms with Crippen molar-refractivity contribution in [1.29, 1.82) is 5.26 Å². The number of benzene rings is 2. The molecule has 1 aliphatic rings. The summed E-state index contributed by atoms with van der Waals surface area (Å²) in [6, 6.07) is 13.4. The summed E-state index contributed by atoms with van der Waals surface area (Å²) < 4.78 is 27.3. The minimum atomic E-state index is -0.555. The molecule has 0 aliphatic carbocycles. The van der Waals surface area contributed by atoms with E-state index in [9.17, 15) is 10.1 Å². The quantitative estimate of drug-likeness (QED) is 0.596. The number of nitrogens with one attached hydrogen (secondary N) is 1. The average molecular weight is 449 g/mol. The van der Waals surface area contributed by atoms with E-state index in [0.29, 0.717) is 30.1 Å². The largest absolute Gasteiger partial charge is 0.496 e. The van der Waals surface area contributed by atoms with Gasteiger partial charge in [-0.05, 0) is 42.7 Å². The number of para-hydroxylation sites is 1. The van der Waals surface area contributed by atoms with Crippen molar-refractivity contribution in [3.05, 3.63) is 65.0 Å². The Morgan fingerprint density at radius 2 is 2.21 bits per heavy atom. The molecule has 1 fully saturated rings. The summed E-state index contributed by atoms with van der Waals surface area (Å²) in [5.74, 6) is -0.224. The number of methoxy groups -OCH3 is 1. The normalized spacial score (nSPS) is 15.6. The molecule has 0 spiro atoms. The van der Waals surface area contributed by atoms with Gasteiger partial charge in [0.05, 0.1) is 25.3 Å². The monoisotopic (exact) mass is 449 g/mol. The third-order valence-electron chi connectivity index (χ3n) is 5.63. The molecule has 1 saturated heterocycles. The van der Waals surface area contributed by atoms with Crippen molar-refractivity contribution in [2.75, 3.05) is 26.1 Å². The molecule has 8 nitrogen and oxygen atoms in total. The number of aromatic nitrogens is 2. The van der Waals surface area contributed by atoms with E-state index in [2.05, 4.69) is 10.4 Å². The van der Waals surface area contributed by atoms with Crippen LogP contribution in [0, 0.1) is 17.1 Å². The lowest BCUT2D eigenvalue weighted by Gasteiger charge is -2.23. The van der Waals surface area contributed by atoms with Gasteiger partial charge in [-0.2, -0.15) is 10.4 Å².